The van der Waals surface area contributed by atoms with Crippen LogP contribution in [0.1, 0.15) is 29.5 Å². The second kappa shape index (κ2) is 5.32. The zero-order valence-corrected chi connectivity index (χ0v) is 10.2. The Morgan fingerprint density at radius 2 is 2.18 bits per heavy atom. The highest BCUT2D eigenvalue weighted by Crippen LogP contribution is 2.23. The van der Waals surface area contributed by atoms with Gasteiger partial charge in [0.1, 0.15) is 6.04 Å². The molecule has 2 rings (SSSR count). The molecule has 0 heterocycles. The van der Waals surface area contributed by atoms with Crippen LogP contribution < -0.4 is 5.32 Å². The first-order chi connectivity index (χ1) is 8.20. The van der Waals surface area contributed by atoms with Crippen LogP contribution in [0.4, 0.5) is 0 Å². The van der Waals surface area contributed by atoms with Crippen LogP contribution in [-0.4, -0.2) is 24.2 Å². The van der Waals surface area contributed by atoms with Gasteiger partial charge in [0.25, 0.3) is 0 Å². The molecule has 1 atom stereocenters. The predicted molar refractivity (Wildman–Crippen MR) is 67.3 cm³/mol. The highest BCUT2D eigenvalue weighted by Gasteiger charge is 2.15. The van der Waals surface area contributed by atoms with Crippen LogP contribution in [0.15, 0.2) is 18.2 Å². The normalized spacial score (nSPS) is 15.6. The molecule has 1 aliphatic carbocycles. The summed E-state index contributed by atoms with van der Waals surface area (Å²) in [6, 6.07) is 6.14. The van der Waals surface area contributed by atoms with E-state index >= 15 is 0 Å². The first-order valence-corrected chi connectivity index (χ1v) is 6.21. The Bertz CT molecular complexity index is 415. The zero-order valence-electron chi connectivity index (χ0n) is 10.2. The molecule has 92 valence electrons. The van der Waals surface area contributed by atoms with E-state index in [-0.39, 0.29) is 0 Å². The Morgan fingerprint density at radius 1 is 1.41 bits per heavy atom. The molecule has 0 aromatic heterocycles. The van der Waals surface area contributed by atoms with Gasteiger partial charge in [-0.25, -0.2) is 0 Å². The van der Waals surface area contributed by atoms with E-state index in [0.717, 1.165) is 6.42 Å². The lowest BCUT2D eigenvalue weighted by Crippen LogP contribution is -2.34. The third-order valence-electron chi connectivity index (χ3n) is 3.53. The second-order valence-electron chi connectivity index (χ2n) is 4.67. The Balaban J connectivity index is 1.97. The number of nitrogens with one attached hydrogen (secondary N) is 1. The van der Waals surface area contributed by atoms with Crippen molar-refractivity contribution in [3.63, 3.8) is 0 Å². The molecule has 0 bridgehead atoms. The summed E-state index contributed by atoms with van der Waals surface area (Å²) in [6.45, 7) is 0. The summed E-state index contributed by atoms with van der Waals surface area (Å²) < 4.78 is 0. The van der Waals surface area contributed by atoms with Crippen LogP contribution in [-0.2, 0) is 24.1 Å². The highest BCUT2D eigenvalue weighted by molar-refractivity contribution is 5.73. The fourth-order valence-corrected chi connectivity index (χ4v) is 2.48. The Kier molecular flexibility index (Phi) is 3.79. The molecular formula is C14H19NO2. The average Bonchev–Trinajstić information content (AvgIpc) is 2.76. The molecule has 17 heavy (non-hydrogen) atoms. The van der Waals surface area contributed by atoms with Crippen LogP contribution in [0.3, 0.4) is 0 Å². The first kappa shape index (κ1) is 12.1. The summed E-state index contributed by atoms with van der Waals surface area (Å²) in [4.78, 5) is 10.9. The summed E-state index contributed by atoms with van der Waals surface area (Å²) >= 11 is 0. The average molecular weight is 233 g/mol. The molecule has 2 N–H and O–H groups in total. The van der Waals surface area contributed by atoms with E-state index in [1.165, 1.54) is 36.0 Å². The number of carboxylic acid groups (broad SMARTS) is 1. The van der Waals surface area contributed by atoms with E-state index in [9.17, 15) is 4.79 Å². The van der Waals surface area contributed by atoms with Crippen LogP contribution in [0, 0.1) is 0 Å². The number of fused-ring (bicyclic) bond motifs is 1. The largest absolute Gasteiger partial charge is 0.480 e. The molecule has 1 aliphatic rings. The number of hydrogen-bond donors (Lipinski definition) is 2. The van der Waals surface area contributed by atoms with Gasteiger partial charge in [-0.05, 0) is 55.8 Å². The lowest BCUT2D eigenvalue weighted by molar-refractivity contribution is -0.139. The minimum atomic E-state index is -0.770. The second-order valence-corrected chi connectivity index (χ2v) is 4.67. The number of aryl methyl sites for hydroxylation is 3. The SMILES string of the molecule is CNC(CCc1ccc2c(c1)CCC2)C(=O)O. The van der Waals surface area contributed by atoms with Gasteiger partial charge in [0.15, 0.2) is 0 Å². The van der Waals surface area contributed by atoms with Crippen molar-refractivity contribution in [1.82, 2.24) is 5.32 Å². The number of hydrogen-bond acceptors (Lipinski definition) is 2. The molecule has 0 fully saturated rings. The Hall–Kier alpha value is -1.35. The number of benzene rings is 1. The van der Waals surface area contributed by atoms with E-state index in [4.69, 9.17) is 5.11 Å². The van der Waals surface area contributed by atoms with Crippen LogP contribution in [0.5, 0.6) is 0 Å². The molecule has 1 aromatic carbocycles. The summed E-state index contributed by atoms with van der Waals surface area (Å²) in [5.41, 5.74) is 4.18. The first-order valence-electron chi connectivity index (χ1n) is 6.21. The van der Waals surface area contributed by atoms with E-state index in [1.807, 2.05) is 0 Å². The van der Waals surface area contributed by atoms with Crippen LogP contribution in [0.2, 0.25) is 0 Å². The van der Waals surface area contributed by atoms with Crippen molar-refractivity contribution >= 4 is 5.97 Å². The molecule has 0 saturated heterocycles. The number of rotatable bonds is 5. The minimum Gasteiger partial charge on any atom is -0.480 e. The number of carbonyl (C=O) groups is 1. The van der Waals surface area contributed by atoms with Crippen molar-refractivity contribution in [3.8, 4) is 0 Å². The zero-order chi connectivity index (χ0) is 12.3. The van der Waals surface area contributed by atoms with Crippen molar-refractivity contribution in [3.05, 3.63) is 34.9 Å². The van der Waals surface area contributed by atoms with Crippen molar-refractivity contribution in [2.45, 2.75) is 38.1 Å². The lowest BCUT2D eigenvalue weighted by atomic mass is 10.0. The maximum Gasteiger partial charge on any atom is 0.320 e. The summed E-state index contributed by atoms with van der Waals surface area (Å²) in [6.07, 6.45) is 5.10. The fourth-order valence-electron chi connectivity index (χ4n) is 2.48. The molecule has 3 heteroatoms. The molecule has 1 unspecified atom stereocenters. The fraction of sp³-hybridized carbons (Fsp3) is 0.500. The molecule has 0 spiro atoms. The number of likely N-dealkylation sites (N-methyl/N-ethyl adjacent to an activating group) is 1. The maximum absolute atomic E-state index is 10.9. The van der Waals surface area contributed by atoms with Gasteiger partial charge in [-0.2, -0.15) is 0 Å². The molecule has 0 saturated carbocycles. The molecule has 0 radical (unpaired) electrons. The lowest BCUT2D eigenvalue weighted by Gasteiger charge is -2.11. The predicted octanol–water partition coefficient (Wildman–Crippen LogP) is 1.78. The highest BCUT2D eigenvalue weighted by atomic mass is 16.4. The molecule has 1 aromatic rings. The van der Waals surface area contributed by atoms with Crippen molar-refractivity contribution < 1.29 is 9.90 Å². The van der Waals surface area contributed by atoms with E-state index in [0.29, 0.717) is 6.42 Å². The summed E-state index contributed by atoms with van der Waals surface area (Å²) in [7, 11) is 1.70. The number of carboxylic acids is 1. The van der Waals surface area contributed by atoms with Crippen molar-refractivity contribution in [2.75, 3.05) is 7.05 Å². The Labute approximate surface area is 102 Å². The molecule has 3 nitrogen and oxygen atoms in total. The standard InChI is InChI=1S/C14H19NO2/c1-15-13(14(16)17)8-6-10-5-7-11-3-2-4-12(11)9-10/h5,7,9,13,15H,2-4,6,8H2,1H3,(H,16,17). The van der Waals surface area contributed by atoms with Gasteiger partial charge in [-0.1, -0.05) is 18.2 Å². The van der Waals surface area contributed by atoms with Crippen molar-refractivity contribution in [2.24, 2.45) is 0 Å². The van der Waals surface area contributed by atoms with E-state index in [1.54, 1.807) is 7.05 Å². The number of aliphatic carboxylic acids is 1. The summed E-state index contributed by atoms with van der Waals surface area (Å²) in [5, 5.41) is 11.8. The molecular weight excluding hydrogens is 214 g/mol. The smallest absolute Gasteiger partial charge is 0.320 e. The van der Waals surface area contributed by atoms with Gasteiger partial charge < -0.3 is 10.4 Å². The Morgan fingerprint density at radius 3 is 2.88 bits per heavy atom. The van der Waals surface area contributed by atoms with Gasteiger partial charge in [0, 0.05) is 0 Å². The van der Waals surface area contributed by atoms with E-state index < -0.39 is 12.0 Å². The van der Waals surface area contributed by atoms with Crippen LogP contribution in [0.25, 0.3) is 0 Å². The molecule has 0 aliphatic heterocycles. The topological polar surface area (TPSA) is 49.3 Å². The van der Waals surface area contributed by atoms with Gasteiger partial charge in [0.2, 0.25) is 0 Å². The quantitative estimate of drug-likeness (QED) is 0.815. The van der Waals surface area contributed by atoms with Gasteiger partial charge in [-0.3, -0.25) is 4.79 Å². The third kappa shape index (κ3) is 2.86. The van der Waals surface area contributed by atoms with Gasteiger partial charge in [0.05, 0.1) is 0 Å². The van der Waals surface area contributed by atoms with E-state index in [2.05, 4.69) is 23.5 Å². The van der Waals surface area contributed by atoms with Crippen LogP contribution >= 0.6 is 0 Å². The van der Waals surface area contributed by atoms with Gasteiger partial charge >= 0.3 is 5.97 Å². The third-order valence-corrected chi connectivity index (χ3v) is 3.53. The maximum atomic E-state index is 10.9. The van der Waals surface area contributed by atoms with Crippen molar-refractivity contribution in [1.29, 1.82) is 0 Å². The van der Waals surface area contributed by atoms with Gasteiger partial charge in [-0.15, -0.1) is 0 Å². The summed E-state index contributed by atoms with van der Waals surface area (Å²) in [5.74, 6) is -0.770. The minimum absolute atomic E-state index is 0.441. The molecule has 0 amide bonds. The monoisotopic (exact) mass is 233 g/mol.